The minimum Gasteiger partial charge on any atom is -0.368 e. The highest BCUT2D eigenvalue weighted by atomic mass is 19.1. The van der Waals surface area contributed by atoms with Crippen LogP contribution >= 0.6 is 0 Å². The number of nitrogens with zero attached hydrogens (tertiary/aromatic N) is 4. The molecule has 0 atom stereocenters. The summed E-state index contributed by atoms with van der Waals surface area (Å²) in [4.78, 5) is 37.0. The monoisotopic (exact) mass is 405 g/mol. The standard InChI is InChI=1S/C22H20FN5O2/c23-15-5-7-16(8-6-15)26-9-11-27(12-10-26)19(29)13-28-14-24-20-17-3-1-2-4-18(17)25-21(20)22(28)30/h1-8,14,25H,9-13H2. The van der Waals surface area contributed by atoms with Gasteiger partial charge in [0.15, 0.2) is 0 Å². The average Bonchev–Trinajstić information content (AvgIpc) is 3.16. The molecular weight excluding hydrogens is 385 g/mol. The summed E-state index contributed by atoms with van der Waals surface area (Å²) in [5.74, 6) is -0.383. The van der Waals surface area contributed by atoms with E-state index in [0.29, 0.717) is 37.2 Å². The lowest BCUT2D eigenvalue weighted by Crippen LogP contribution is -2.50. The number of aromatic amines is 1. The fourth-order valence-corrected chi connectivity index (χ4v) is 3.96. The number of H-pyrrole nitrogens is 1. The van der Waals surface area contributed by atoms with E-state index in [1.807, 2.05) is 24.3 Å². The number of hydrogen-bond donors (Lipinski definition) is 1. The lowest BCUT2D eigenvalue weighted by atomic mass is 10.2. The quantitative estimate of drug-likeness (QED) is 0.568. The second-order valence-corrected chi connectivity index (χ2v) is 7.42. The smallest absolute Gasteiger partial charge is 0.278 e. The van der Waals surface area contributed by atoms with Gasteiger partial charge in [0.05, 0.1) is 6.33 Å². The molecule has 1 N–H and O–H groups in total. The molecule has 152 valence electrons. The van der Waals surface area contributed by atoms with Gasteiger partial charge in [0.2, 0.25) is 5.91 Å². The number of piperazine rings is 1. The lowest BCUT2D eigenvalue weighted by Gasteiger charge is -2.36. The van der Waals surface area contributed by atoms with Gasteiger partial charge < -0.3 is 14.8 Å². The molecule has 5 rings (SSSR count). The van der Waals surface area contributed by atoms with Crippen LogP contribution in [-0.4, -0.2) is 51.5 Å². The number of fused-ring (bicyclic) bond motifs is 3. The van der Waals surface area contributed by atoms with Gasteiger partial charge in [0.1, 0.15) is 23.4 Å². The van der Waals surface area contributed by atoms with E-state index >= 15 is 0 Å². The van der Waals surface area contributed by atoms with Gasteiger partial charge in [-0.25, -0.2) is 9.37 Å². The third-order valence-electron chi connectivity index (χ3n) is 5.61. The number of halogens is 1. The number of rotatable bonds is 3. The number of anilines is 1. The maximum atomic E-state index is 13.1. The second kappa shape index (κ2) is 7.29. The molecule has 1 saturated heterocycles. The second-order valence-electron chi connectivity index (χ2n) is 7.42. The van der Waals surface area contributed by atoms with Gasteiger partial charge in [0.25, 0.3) is 5.56 Å². The number of nitrogens with one attached hydrogen (secondary N) is 1. The molecule has 3 heterocycles. The highest BCUT2D eigenvalue weighted by Crippen LogP contribution is 2.21. The van der Waals surface area contributed by atoms with Crippen LogP contribution in [0.3, 0.4) is 0 Å². The molecule has 0 saturated carbocycles. The minimum absolute atomic E-state index is 0.0479. The molecule has 2 aromatic heterocycles. The molecular formula is C22H20FN5O2. The summed E-state index contributed by atoms with van der Waals surface area (Å²) >= 11 is 0. The Kier molecular flexibility index (Phi) is 4.46. The Labute approximate surface area is 171 Å². The van der Waals surface area contributed by atoms with Crippen molar-refractivity contribution in [2.75, 3.05) is 31.1 Å². The summed E-state index contributed by atoms with van der Waals surface area (Å²) < 4.78 is 14.5. The van der Waals surface area contributed by atoms with E-state index in [1.165, 1.54) is 23.0 Å². The predicted molar refractivity (Wildman–Crippen MR) is 113 cm³/mol. The summed E-state index contributed by atoms with van der Waals surface area (Å²) in [5, 5.41) is 0.889. The Morgan fingerprint density at radius 3 is 2.53 bits per heavy atom. The van der Waals surface area contributed by atoms with Crippen LogP contribution in [-0.2, 0) is 11.3 Å². The van der Waals surface area contributed by atoms with Crippen LogP contribution in [0.1, 0.15) is 0 Å². The van der Waals surface area contributed by atoms with Gasteiger partial charge in [-0.2, -0.15) is 0 Å². The van der Waals surface area contributed by atoms with Crippen LogP contribution in [0.4, 0.5) is 10.1 Å². The Balaban J connectivity index is 1.30. The van der Waals surface area contributed by atoms with E-state index in [0.717, 1.165) is 16.6 Å². The van der Waals surface area contributed by atoms with Crippen LogP contribution in [0.15, 0.2) is 59.7 Å². The zero-order valence-electron chi connectivity index (χ0n) is 16.2. The molecule has 0 spiro atoms. The van der Waals surface area contributed by atoms with Crippen LogP contribution in [0.2, 0.25) is 0 Å². The van der Waals surface area contributed by atoms with E-state index in [2.05, 4.69) is 14.9 Å². The third-order valence-corrected chi connectivity index (χ3v) is 5.61. The van der Waals surface area contributed by atoms with Gasteiger partial charge in [0, 0.05) is 42.8 Å². The molecule has 8 heteroatoms. The summed E-state index contributed by atoms with van der Waals surface area (Å²) in [6, 6.07) is 14.0. The predicted octanol–water partition coefficient (Wildman–Crippen LogP) is 2.37. The molecule has 7 nitrogen and oxygen atoms in total. The average molecular weight is 405 g/mol. The van der Waals surface area contributed by atoms with Crippen molar-refractivity contribution in [3.63, 3.8) is 0 Å². The first-order valence-electron chi connectivity index (χ1n) is 9.84. The van der Waals surface area contributed by atoms with Crippen molar-refractivity contribution in [1.82, 2.24) is 19.4 Å². The van der Waals surface area contributed by atoms with E-state index in [9.17, 15) is 14.0 Å². The Morgan fingerprint density at radius 1 is 1.03 bits per heavy atom. The molecule has 2 aromatic carbocycles. The van der Waals surface area contributed by atoms with Crippen molar-refractivity contribution in [2.24, 2.45) is 0 Å². The third kappa shape index (κ3) is 3.20. The van der Waals surface area contributed by atoms with Crippen LogP contribution in [0.5, 0.6) is 0 Å². The Bertz CT molecular complexity index is 1290. The molecule has 1 aliphatic heterocycles. The normalized spacial score (nSPS) is 14.6. The largest absolute Gasteiger partial charge is 0.368 e. The maximum Gasteiger partial charge on any atom is 0.278 e. The molecule has 0 unspecified atom stereocenters. The highest BCUT2D eigenvalue weighted by molar-refractivity contribution is 6.04. The molecule has 4 aromatic rings. The van der Waals surface area contributed by atoms with Crippen LogP contribution in [0.25, 0.3) is 21.9 Å². The fraction of sp³-hybridized carbons (Fsp3) is 0.227. The van der Waals surface area contributed by atoms with Crippen molar-refractivity contribution in [3.8, 4) is 0 Å². The SMILES string of the molecule is O=C(Cn1cnc2c([nH]c3ccccc32)c1=O)N1CCN(c2ccc(F)cc2)CC1. The van der Waals surface area contributed by atoms with E-state index < -0.39 is 0 Å². The number of carbonyl (C=O) groups excluding carboxylic acids is 1. The number of hydrogen-bond acceptors (Lipinski definition) is 4. The Morgan fingerprint density at radius 2 is 1.77 bits per heavy atom. The molecule has 0 bridgehead atoms. The topological polar surface area (TPSA) is 74.2 Å². The number of amides is 1. The van der Waals surface area contributed by atoms with Crippen LogP contribution in [0, 0.1) is 5.82 Å². The maximum absolute atomic E-state index is 13.1. The molecule has 30 heavy (non-hydrogen) atoms. The van der Waals surface area contributed by atoms with Gasteiger partial charge in [-0.3, -0.25) is 14.2 Å². The van der Waals surface area contributed by atoms with Crippen molar-refractivity contribution < 1.29 is 9.18 Å². The molecule has 1 fully saturated rings. The van der Waals surface area contributed by atoms with Crippen LogP contribution < -0.4 is 10.5 Å². The minimum atomic E-state index is -0.265. The molecule has 1 amide bonds. The lowest BCUT2D eigenvalue weighted by molar-refractivity contribution is -0.132. The summed E-state index contributed by atoms with van der Waals surface area (Å²) in [5.41, 5.74) is 2.56. The summed E-state index contributed by atoms with van der Waals surface area (Å²) in [7, 11) is 0. The number of carbonyl (C=O) groups is 1. The molecule has 0 aliphatic carbocycles. The number of para-hydroxylation sites is 1. The molecule has 0 radical (unpaired) electrons. The first-order valence-corrected chi connectivity index (χ1v) is 9.84. The van der Waals surface area contributed by atoms with Crippen molar-refractivity contribution in [2.45, 2.75) is 6.54 Å². The highest BCUT2D eigenvalue weighted by Gasteiger charge is 2.22. The van der Waals surface area contributed by atoms with E-state index in [1.54, 1.807) is 17.0 Å². The summed E-state index contributed by atoms with van der Waals surface area (Å²) in [6.45, 7) is 2.37. The zero-order valence-corrected chi connectivity index (χ0v) is 16.2. The summed E-state index contributed by atoms with van der Waals surface area (Å²) in [6.07, 6.45) is 1.44. The van der Waals surface area contributed by atoms with Gasteiger partial charge in [-0.1, -0.05) is 18.2 Å². The van der Waals surface area contributed by atoms with E-state index in [-0.39, 0.29) is 23.8 Å². The van der Waals surface area contributed by atoms with Gasteiger partial charge in [-0.15, -0.1) is 0 Å². The Hall–Kier alpha value is -3.68. The van der Waals surface area contributed by atoms with Crippen molar-refractivity contribution >= 4 is 33.5 Å². The van der Waals surface area contributed by atoms with Gasteiger partial charge in [-0.05, 0) is 30.3 Å². The van der Waals surface area contributed by atoms with E-state index in [4.69, 9.17) is 0 Å². The number of benzene rings is 2. The molecule has 1 aliphatic rings. The van der Waals surface area contributed by atoms with Crippen molar-refractivity contribution in [1.29, 1.82) is 0 Å². The first-order chi connectivity index (χ1) is 14.6. The first kappa shape index (κ1) is 18.4. The number of aromatic nitrogens is 3. The zero-order chi connectivity index (χ0) is 20.7. The van der Waals surface area contributed by atoms with Gasteiger partial charge >= 0.3 is 0 Å². The fourth-order valence-electron chi connectivity index (χ4n) is 3.96. The van der Waals surface area contributed by atoms with Crippen molar-refractivity contribution in [3.05, 3.63) is 71.0 Å².